The van der Waals surface area contributed by atoms with Crippen molar-refractivity contribution in [1.29, 1.82) is 0 Å². The van der Waals surface area contributed by atoms with E-state index in [1.165, 1.54) is 12.8 Å². The first-order valence-electron chi connectivity index (χ1n) is 5.32. The van der Waals surface area contributed by atoms with E-state index in [9.17, 15) is 0 Å². The molecule has 0 saturated carbocycles. The van der Waals surface area contributed by atoms with Crippen molar-refractivity contribution in [2.75, 3.05) is 6.61 Å². The Morgan fingerprint density at radius 1 is 1.31 bits per heavy atom. The van der Waals surface area contributed by atoms with Crippen molar-refractivity contribution < 1.29 is 9.16 Å². The van der Waals surface area contributed by atoms with Gasteiger partial charge in [-0.2, -0.15) is 0 Å². The molecular weight excluding hydrogens is 196 g/mol. The number of rotatable bonds is 3. The number of ether oxygens (including phenoxy) is 1. The lowest BCUT2D eigenvalue weighted by atomic mass is 10.2. The second kappa shape index (κ2) is 4.25. The van der Waals surface area contributed by atoms with E-state index in [1.807, 2.05) is 0 Å². The van der Waals surface area contributed by atoms with Gasteiger partial charge in [-0.15, -0.1) is 0 Å². The van der Waals surface area contributed by atoms with E-state index < -0.39 is 8.32 Å². The van der Waals surface area contributed by atoms with Crippen LogP contribution in [0.1, 0.15) is 19.3 Å². The molecule has 0 aromatic heterocycles. The smallest absolute Gasteiger partial charge is 0.187 e. The van der Waals surface area contributed by atoms with Gasteiger partial charge >= 0.3 is 0 Å². The first kappa shape index (κ1) is 11.4. The second-order valence-electron chi connectivity index (χ2n) is 4.78. The van der Waals surface area contributed by atoms with E-state index in [-0.39, 0.29) is 14.9 Å². The molecule has 1 saturated heterocycles. The third-order valence-corrected chi connectivity index (χ3v) is 5.40. The van der Waals surface area contributed by atoms with Crippen molar-refractivity contribution in [1.82, 2.24) is 0 Å². The predicted molar refractivity (Wildman–Crippen MR) is 61.4 cm³/mol. The van der Waals surface area contributed by atoms with Gasteiger partial charge in [-0.05, 0) is 38.9 Å². The molecule has 0 radical (unpaired) electrons. The Kier molecular flexibility index (Phi) is 3.74. The molecule has 0 N–H and O–H groups in total. The van der Waals surface area contributed by atoms with Gasteiger partial charge in [-0.25, -0.2) is 0 Å². The summed E-state index contributed by atoms with van der Waals surface area (Å²) in [7, 11) is -1.66. The highest BCUT2D eigenvalue weighted by Crippen LogP contribution is 2.28. The van der Waals surface area contributed by atoms with Crippen LogP contribution in [0.2, 0.25) is 26.2 Å². The largest absolute Gasteiger partial charge is 0.394 e. The molecule has 1 aliphatic heterocycles. The topological polar surface area (TPSA) is 18.5 Å². The minimum atomic E-state index is -1.43. The van der Waals surface area contributed by atoms with Crippen molar-refractivity contribution in [3.8, 4) is 0 Å². The quantitative estimate of drug-likeness (QED) is 0.674. The van der Waals surface area contributed by atoms with Gasteiger partial charge in [0, 0.05) is 6.61 Å². The minimum absolute atomic E-state index is 0.0945. The summed E-state index contributed by atoms with van der Waals surface area (Å²) in [5.74, 6) is 0. The second-order valence-corrected chi connectivity index (χ2v) is 11.0. The zero-order valence-electron chi connectivity index (χ0n) is 9.35. The molecule has 0 amide bonds. The Labute approximate surface area is 85.0 Å². The van der Waals surface area contributed by atoms with Gasteiger partial charge in [0.25, 0.3) is 0 Å². The van der Waals surface area contributed by atoms with E-state index >= 15 is 0 Å². The van der Waals surface area contributed by atoms with Crippen molar-refractivity contribution in [3.63, 3.8) is 0 Å². The van der Waals surface area contributed by atoms with E-state index in [0.717, 1.165) is 13.0 Å². The van der Waals surface area contributed by atoms with Crippen LogP contribution in [0, 0.1) is 0 Å². The zero-order chi connectivity index (χ0) is 9.95. The van der Waals surface area contributed by atoms with Crippen molar-refractivity contribution >= 4 is 17.8 Å². The maximum atomic E-state index is 6.19. The molecule has 1 rings (SSSR count). The zero-order valence-corrected chi connectivity index (χ0v) is 11.8. The van der Waals surface area contributed by atoms with Crippen LogP contribution < -0.4 is 0 Å². The Hall–Kier alpha value is 0.354. The van der Waals surface area contributed by atoms with Crippen LogP contribution in [0.3, 0.4) is 0 Å². The van der Waals surface area contributed by atoms with E-state index in [4.69, 9.17) is 9.16 Å². The maximum Gasteiger partial charge on any atom is 0.187 e. The lowest BCUT2D eigenvalue weighted by Gasteiger charge is -2.41. The Bertz CT molecular complexity index is 159. The Morgan fingerprint density at radius 3 is 2.38 bits per heavy atom. The fraction of sp³-hybridized carbons (Fsp3) is 1.00. The molecule has 0 aromatic rings. The molecule has 13 heavy (non-hydrogen) atoms. The highest BCUT2D eigenvalue weighted by atomic mass is 28.4. The molecule has 4 heteroatoms. The predicted octanol–water partition coefficient (Wildman–Crippen LogP) is 1.91. The Balaban J connectivity index is 2.57. The fourth-order valence-electron chi connectivity index (χ4n) is 1.82. The molecule has 1 heterocycles. The fourth-order valence-corrected chi connectivity index (χ4v) is 5.92. The summed E-state index contributed by atoms with van der Waals surface area (Å²) in [6, 6.07) is 0. The van der Waals surface area contributed by atoms with Gasteiger partial charge in [0.1, 0.15) is 5.41 Å². The molecule has 0 aromatic carbocycles. The summed E-state index contributed by atoms with van der Waals surface area (Å²) in [4.78, 5) is 0. The van der Waals surface area contributed by atoms with Crippen LogP contribution in [-0.2, 0) is 9.16 Å². The summed E-state index contributed by atoms with van der Waals surface area (Å²) < 4.78 is 12.1. The average Bonchev–Trinajstić information content (AvgIpc) is 2.03. The van der Waals surface area contributed by atoms with Gasteiger partial charge in [0.05, 0.1) is 9.52 Å². The molecule has 0 bridgehead atoms. The van der Waals surface area contributed by atoms with Crippen LogP contribution in [0.15, 0.2) is 0 Å². The SMILES string of the molecule is C[SiH2]C1(O[Si](C)(C)C)CCCCO1. The van der Waals surface area contributed by atoms with Crippen LogP contribution in [-0.4, -0.2) is 29.9 Å². The van der Waals surface area contributed by atoms with E-state index in [2.05, 4.69) is 26.2 Å². The lowest BCUT2D eigenvalue weighted by molar-refractivity contribution is -0.151. The number of hydrogen-bond acceptors (Lipinski definition) is 2. The highest BCUT2D eigenvalue weighted by Gasteiger charge is 2.36. The molecule has 0 aliphatic carbocycles. The van der Waals surface area contributed by atoms with Gasteiger partial charge in [0.2, 0.25) is 0 Å². The van der Waals surface area contributed by atoms with Gasteiger partial charge < -0.3 is 9.16 Å². The van der Waals surface area contributed by atoms with Crippen LogP contribution >= 0.6 is 0 Å². The summed E-state index contributed by atoms with van der Waals surface area (Å²) in [6.45, 7) is 9.95. The summed E-state index contributed by atoms with van der Waals surface area (Å²) >= 11 is 0. The molecule has 1 atom stereocenters. The third-order valence-electron chi connectivity index (χ3n) is 2.35. The number of hydrogen-bond donors (Lipinski definition) is 0. The van der Waals surface area contributed by atoms with Gasteiger partial charge in [0.15, 0.2) is 8.32 Å². The monoisotopic (exact) mass is 218 g/mol. The summed E-state index contributed by atoms with van der Waals surface area (Å²) in [5, 5.41) is 0. The average molecular weight is 218 g/mol. The van der Waals surface area contributed by atoms with Crippen LogP contribution in [0.25, 0.3) is 0 Å². The molecule has 2 nitrogen and oxygen atoms in total. The third kappa shape index (κ3) is 3.54. The van der Waals surface area contributed by atoms with Crippen LogP contribution in [0.4, 0.5) is 0 Å². The van der Waals surface area contributed by atoms with Gasteiger partial charge in [-0.1, -0.05) is 6.55 Å². The van der Waals surface area contributed by atoms with Gasteiger partial charge in [-0.3, -0.25) is 0 Å². The molecule has 1 unspecified atom stereocenters. The molecule has 1 aliphatic rings. The highest BCUT2D eigenvalue weighted by molar-refractivity contribution is 6.70. The molecule has 1 fully saturated rings. The van der Waals surface area contributed by atoms with Crippen LogP contribution in [0.5, 0.6) is 0 Å². The maximum absolute atomic E-state index is 6.19. The van der Waals surface area contributed by atoms with Crippen molar-refractivity contribution in [3.05, 3.63) is 0 Å². The Morgan fingerprint density at radius 2 is 2.00 bits per heavy atom. The molecular formula is C9H22O2Si2. The normalized spacial score (nSPS) is 31.4. The first-order valence-corrected chi connectivity index (χ1v) is 10.8. The van der Waals surface area contributed by atoms with E-state index in [1.54, 1.807) is 0 Å². The van der Waals surface area contributed by atoms with Crippen molar-refractivity contribution in [2.24, 2.45) is 0 Å². The molecule has 78 valence electrons. The standard InChI is InChI=1S/C9H22O2Si2/c1-12-9(11-13(2,3)4)7-5-6-8-10-9/h5-8,12H2,1-4H3. The summed E-state index contributed by atoms with van der Waals surface area (Å²) in [5.41, 5.74) is -0.0945. The van der Waals surface area contributed by atoms with E-state index in [0.29, 0.717) is 0 Å². The summed E-state index contributed by atoms with van der Waals surface area (Å²) in [6.07, 6.45) is 3.64. The minimum Gasteiger partial charge on any atom is -0.394 e. The molecule has 0 spiro atoms. The lowest BCUT2D eigenvalue weighted by Crippen LogP contribution is -2.50. The van der Waals surface area contributed by atoms with Crippen molar-refractivity contribution in [2.45, 2.75) is 50.9 Å². The first-order chi connectivity index (χ1) is 5.97.